The molecule has 0 saturated heterocycles. The highest BCUT2D eigenvalue weighted by Gasteiger charge is 2.37. The first-order valence-electron chi connectivity index (χ1n) is 9.47. The van der Waals surface area contributed by atoms with Crippen molar-refractivity contribution in [2.45, 2.75) is 33.0 Å². The molecule has 3 heterocycles. The monoisotopic (exact) mass is 380 g/mol. The zero-order chi connectivity index (χ0) is 19.8. The third-order valence-electron chi connectivity index (χ3n) is 5.02. The highest BCUT2D eigenvalue weighted by molar-refractivity contribution is 5.93. The van der Waals surface area contributed by atoms with Crippen molar-refractivity contribution in [3.05, 3.63) is 70.4 Å². The van der Waals surface area contributed by atoms with Gasteiger partial charge in [0, 0.05) is 26.7 Å². The van der Waals surface area contributed by atoms with Crippen LogP contribution < -0.4 is 5.69 Å². The van der Waals surface area contributed by atoms with Crippen LogP contribution in [0.4, 0.5) is 0 Å². The fraction of sp³-hybridized carbons (Fsp3) is 0.400. The van der Waals surface area contributed by atoms with Gasteiger partial charge in [0.15, 0.2) is 5.82 Å². The summed E-state index contributed by atoms with van der Waals surface area (Å²) in [6.07, 6.45) is 3.19. The van der Waals surface area contributed by atoms with Crippen molar-refractivity contribution in [3.8, 4) is 0 Å². The zero-order valence-electron chi connectivity index (χ0n) is 16.3. The Labute approximate surface area is 163 Å². The molecule has 0 bridgehead atoms. The van der Waals surface area contributed by atoms with Crippen molar-refractivity contribution in [1.82, 2.24) is 28.8 Å². The molecule has 2 aromatic heterocycles. The molecule has 1 amide bonds. The molecule has 1 aliphatic rings. The number of carbonyl (C=O) groups excluding carboxylic acids is 1. The molecular formula is C20H24N6O2. The Bertz CT molecular complexity index is 1050. The van der Waals surface area contributed by atoms with Gasteiger partial charge in [0.25, 0.3) is 5.91 Å². The summed E-state index contributed by atoms with van der Waals surface area (Å²) in [7, 11) is 1.80. The molecule has 1 unspecified atom stereocenters. The number of hydrogen-bond donors (Lipinski definition) is 0. The second-order valence-electron chi connectivity index (χ2n) is 7.57. The van der Waals surface area contributed by atoms with Crippen LogP contribution in [0.5, 0.6) is 0 Å². The van der Waals surface area contributed by atoms with Gasteiger partial charge < -0.3 is 9.47 Å². The standard InChI is InChI=1S/C20H24N6O2/c1-14(2)12-26-20(28)25-10-9-24(19(27)16-11-21-13-23(16)3)17(18(25)22-26)15-7-5-4-6-8-15/h4-8,11,13-14,17H,9-10,12H2,1-3H3. The summed E-state index contributed by atoms with van der Waals surface area (Å²) >= 11 is 0. The van der Waals surface area contributed by atoms with E-state index in [2.05, 4.69) is 23.9 Å². The number of aryl methyl sites for hydroxylation is 1. The third kappa shape index (κ3) is 3.04. The summed E-state index contributed by atoms with van der Waals surface area (Å²) in [4.78, 5) is 32.0. The SMILES string of the molecule is CC(C)Cn1nc2n(c1=O)CCN(C(=O)c1cncn1C)C2c1ccccc1. The largest absolute Gasteiger partial charge is 0.346 e. The van der Waals surface area contributed by atoms with E-state index in [1.807, 2.05) is 30.3 Å². The van der Waals surface area contributed by atoms with Crippen LogP contribution in [-0.2, 0) is 20.1 Å². The fourth-order valence-corrected chi connectivity index (χ4v) is 3.70. The van der Waals surface area contributed by atoms with Gasteiger partial charge in [-0.3, -0.25) is 9.36 Å². The Morgan fingerprint density at radius 1 is 1.21 bits per heavy atom. The summed E-state index contributed by atoms with van der Waals surface area (Å²) in [5, 5.41) is 4.64. The van der Waals surface area contributed by atoms with Crippen molar-refractivity contribution in [1.29, 1.82) is 0 Å². The van der Waals surface area contributed by atoms with E-state index in [-0.39, 0.29) is 11.6 Å². The fourth-order valence-electron chi connectivity index (χ4n) is 3.70. The van der Waals surface area contributed by atoms with Gasteiger partial charge in [-0.25, -0.2) is 14.5 Å². The quantitative estimate of drug-likeness (QED) is 0.690. The highest BCUT2D eigenvalue weighted by atomic mass is 16.2. The van der Waals surface area contributed by atoms with Crippen molar-refractivity contribution in [2.24, 2.45) is 13.0 Å². The second-order valence-corrected chi connectivity index (χ2v) is 7.57. The van der Waals surface area contributed by atoms with Crippen LogP contribution in [0.25, 0.3) is 0 Å². The molecule has 1 aliphatic heterocycles. The van der Waals surface area contributed by atoms with Gasteiger partial charge in [-0.1, -0.05) is 44.2 Å². The van der Waals surface area contributed by atoms with Crippen molar-refractivity contribution in [2.75, 3.05) is 6.54 Å². The lowest BCUT2D eigenvalue weighted by Gasteiger charge is -2.35. The van der Waals surface area contributed by atoms with Crippen LogP contribution in [-0.4, -0.2) is 41.3 Å². The number of rotatable bonds is 4. The molecule has 0 aliphatic carbocycles. The average molecular weight is 380 g/mol. The molecule has 0 fully saturated rings. The molecule has 0 N–H and O–H groups in total. The first-order chi connectivity index (χ1) is 13.5. The lowest BCUT2D eigenvalue weighted by molar-refractivity contribution is 0.0647. The van der Waals surface area contributed by atoms with Gasteiger partial charge in [0.05, 0.1) is 12.5 Å². The average Bonchev–Trinajstić information content (AvgIpc) is 3.24. The highest BCUT2D eigenvalue weighted by Crippen LogP contribution is 2.31. The number of benzene rings is 1. The van der Waals surface area contributed by atoms with Gasteiger partial charge >= 0.3 is 5.69 Å². The molecule has 0 saturated carbocycles. The van der Waals surface area contributed by atoms with E-state index >= 15 is 0 Å². The minimum absolute atomic E-state index is 0.114. The zero-order valence-corrected chi connectivity index (χ0v) is 16.3. The molecule has 4 rings (SSSR count). The maximum absolute atomic E-state index is 13.3. The number of amides is 1. The van der Waals surface area contributed by atoms with E-state index in [4.69, 9.17) is 0 Å². The minimum atomic E-state index is -0.418. The predicted molar refractivity (Wildman–Crippen MR) is 104 cm³/mol. The smallest absolute Gasteiger partial charge is 0.330 e. The Kier molecular flexibility index (Phi) is 4.62. The maximum Gasteiger partial charge on any atom is 0.346 e. The van der Waals surface area contributed by atoms with Crippen molar-refractivity contribution in [3.63, 3.8) is 0 Å². The lowest BCUT2D eigenvalue weighted by atomic mass is 10.0. The number of hydrogen-bond acceptors (Lipinski definition) is 4. The van der Waals surface area contributed by atoms with Gasteiger partial charge in [-0.05, 0) is 11.5 Å². The first-order valence-corrected chi connectivity index (χ1v) is 9.47. The van der Waals surface area contributed by atoms with Crippen LogP contribution in [0.2, 0.25) is 0 Å². The van der Waals surface area contributed by atoms with Gasteiger partial charge in [0.2, 0.25) is 0 Å². The van der Waals surface area contributed by atoms with Crippen LogP contribution in [0.15, 0.2) is 47.7 Å². The summed E-state index contributed by atoms with van der Waals surface area (Å²) < 4.78 is 4.94. The number of imidazole rings is 1. The van der Waals surface area contributed by atoms with E-state index < -0.39 is 6.04 Å². The summed E-state index contributed by atoms with van der Waals surface area (Å²) in [5.74, 6) is 0.793. The van der Waals surface area contributed by atoms with Gasteiger partial charge in [-0.2, -0.15) is 5.10 Å². The third-order valence-corrected chi connectivity index (χ3v) is 5.02. The lowest BCUT2D eigenvalue weighted by Crippen LogP contribution is -2.45. The Balaban J connectivity index is 1.83. The number of nitrogens with zero attached hydrogens (tertiary/aromatic N) is 6. The van der Waals surface area contributed by atoms with Crippen LogP contribution in [0.3, 0.4) is 0 Å². The number of fused-ring (bicyclic) bond motifs is 1. The molecule has 0 spiro atoms. The predicted octanol–water partition coefficient (Wildman–Crippen LogP) is 1.68. The Morgan fingerprint density at radius 2 is 1.96 bits per heavy atom. The van der Waals surface area contributed by atoms with E-state index in [1.54, 1.807) is 33.6 Å². The summed E-state index contributed by atoms with van der Waals surface area (Å²) in [6.45, 7) is 5.52. The summed E-state index contributed by atoms with van der Waals surface area (Å²) in [5.41, 5.74) is 1.33. The van der Waals surface area contributed by atoms with E-state index in [1.165, 1.54) is 4.68 Å². The molecular weight excluding hydrogens is 356 g/mol. The van der Waals surface area contributed by atoms with E-state index in [0.29, 0.717) is 37.1 Å². The van der Waals surface area contributed by atoms with Gasteiger partial charge in [-0.15, -0.1) is 0 Å². The summed E-state index contributed by atoms with van der Waals surface area (Å²) in [6, 6.07) is 9.32. The Morgan fingerprint density at radius 3 is 2.61 bits per heavy atom. The normalized spacial score (nSPS) is 16.4. The molecule has 8 heteroatoms. The van der Waals surface area contributed by atoms with Gasteiger partial charge in [0.1, 0.15) is 11.7 Å². The molecule has 3 aromatic rings. The maximum atomic E-state index is 13.3. The van der Waals surface area contributed by atoms with E-state index in [9.17, 15) is 9.59 Å². The molecule has 146 valence electrons. The second kappa shape index (κ2) is 7.10. The Hall–Kier alpha value is -3.16. The molecule has 0 radical (unpaired) electrons. The van der Waals surface area contributed by atoms with Crippen LogP contribution in [0.1, 0.15) is 41.8 Å². The molecule has 8 nitrogen and oxygen atoms in total. The molecule has 28 heavy (non-hydrogen) atoms. The number of carbonyl (C=O) groups is 1. The minimum Gasteiger partial charge on any atom is -0.330 e. The van der Waals surface area contributed by atoms with Crippen LogP contribution in [0, 0.1) is 5.92 Å². The van der Waals surface area contributed by atoms with Crippen molar-refractivity contribution < 1.29 is 4.79 Å². The molecule has 1 aromatic carbocycles. The molecule has 1 atom stereocenters. The first kappa shape index (κ1) is 18.2. The number of aromatic nitrogens is 5. The van der Waals surface area contributed by atoms with Crippen molar-refractivity contribution >= 4 is 5.91 Å². The van der Waals surface area contributed by atoms with Crippen LogP contribution >= 0.6 is 0 Å². The topological polar surface area (TPSA) is 78.0 Å². The van der Waals surface area contributed by atoms with E-state index in [0.717, 1.165) is 5.56 Å².